The van der Waals surface area contributed by atoms with E-state index < -0.39 is 43.2 Å². The number of methoxy groups -OCH3 is 1. The second kappa shape index (κ2) is 10.6. The van der Waals surface area contributed by atoms with Gasteiger partial charge in [0.1, 0.15) is 30.1 Å². The van der Waals surface area contributed by atoms with Gasteiger partial charge in [-0.1, -0.05) is 11.6 Å². The van der Waals surface area contributed by atoms with Crippen molar-refractivity contribution in [3.63, 3.8) is 0 Å². The highest BCUT2D eigenvalue weighted by Crippen LogP contribution is 2.31. The number of aliphatic hydroxyl groups is 4. The van der Waals surface area contributed by atoms with Crippen molar-refractivity contribution in [2.75, 3.05) is 13.7 Å². The predicted molar refractivity (Wildman–Crippen MR) is 130 cm³/mol. The highest BCUT2D eigenvalue weighted by molar-refractivity contribution is 6.30. The Kier molecular flexibility index (Phi) is 7.65. The summed E-state index contributed by atoms with van der Waals surface area (Å²) in [4.78, 5) is 26.4. The van der Waals surface area contributed by atoms with E-state index in [9.17, 15) is 30.0 Å². The molecular weight excluding hydrogens is 492 g/mol. The molecule has 1 aromatic heterocycles. The molecule has 1 aliphatic heterocycles. The Labute approximate surface area is 211 Å². The monoisotopic (exact) mass is 518 g/mol. The van der Waals surface area contributed by atoms with Gasteiger partial charge in [0.15, 0.2) is 6.29 Å². The van der Waals surface area contributed by atoms with E-state index in [-0.39, 0.29) is 12.3 Å². The third-order valence-corrected chi connectivity index (χ3v) is 6.65. The molecule has 0 aliphatic carbocycles. The van der Waals surface area contributed by atoms with Gasteiger partial charge in [-0.15, -0.1) is 0 Å². The molecule has 5 unspecified atom stereocenters. The number of carbonyl (C=O) groups is 2. The van der Waals surface area contributed by atoms with Crippen LogP contribution in [0.3, 0.4) is 0 Å². The molecule has 3 aromatic rings. The maximum atomic E-state index is 13.4. The first-order chi connectivity index (χ1) is 17.2. The zero-order valence-electron chi connectivity index (χ0n) is 19.6. The van der Waals surface area contributed by atoms with Crippen LogP contribution in [-0.4, -0.2) is 81.2 Å². The number of ether oxygens (including phenoxy) is 2. The number of carbonyl (C=O) groups excluding carboxylic acids is 2. The highest BCUT2D eigenvalue weighted by atomic mass is 35.5. The summed E-state index contributed by atoms with van der Waals surface area (Å²) in [6, 6.07) is 10.3. The maximum Gasteiger partial charge on any atom is 0.262 e. The average Bonchev–Trinajstić information content (AvgIpc) is 3.14. The van der Waals surface area contributed by atoms with Gasteiger partial charge >= 0.3 is 0 Å². The summed E-state index contributed by atoms with van der Waals surface area (Å²) < 4.78 is 11.9. The average molecular weight is 519 g/mol. The molecule has 0 bridgehead atoms. The van der Waals surface area contributed by atoms with Crippen molar-refractivity contribution in [3.8, 4) is 5.75 Å². The second-order valence-electron chi connectivity index (χ2n) is 8.59. The molecule has 1 amide bonds. The fraction of sp³-hybridized carbons (Fsp3) is 0.360. The Balaban J connectivity index is 1.67. The molecule has 11 heteroatoms. The standard InChI is InChI=1S/C25H27ClN2O8/c1-12-16(10-20(30)27-21-23(32)22(31)19(11-29)36-25(21)34)17-9-15(35-2)7-8-18(17)28(12)24(33)13-3-5-14(26)6-4-13/h3-9,19,21-23,25,29,31-32,34H,10-11H2,1-2H3,(H,27,30). The molecule has 0 saturated carbocycles. The van der Waals surface area contributed by atoms with E-state index in [1.165, 1.54) is 11.7 Å². The lowest BCUT2D eigenvalue weighted by atomic mass is 9.96. The molecule has 1 aliphatic rings. The predicted octanol–water partition coefficient (Wildman–Crippen LogP) is 0.759. The Morgan fingerprint density at radius 2 is 1.81 bits per heavy atom. The van der Waals surface area contributed by atoms with Gasteiger partial charge in [-0.25, -0.2) is 0 Å². The van der Waals surface area contributed by atoms with Crippen molar-refractivity contribution >= 4 is 34.3 Å². The van der Waals surface area contributed by atoms with E-state index >= 15 is 0 Å². The Morgan fingerprint density at radius 1 is 1.11 bits per heavy atom. The fourth-order valence-corrected chi connectivity index (χ4v) is 4.57. The second-order valence-corrected chi connectivity index (χ2v) is 9.03. The summed E-state index contributed by atoms with van der Waals surface area (Å²) in [5.41, 5.74) is 2.04. The molecule has 36 heavy (non-hydrogen) atoms. The molecule has 1 saturated heterocycles. The largest absolute Gasteiger partial charge is 0.497 e. The van der Waals surface area contributed by atoms with Gasteiger partial charge in [0.2, 0.25) is 5.91 Å². The quantitative estimate of drug-likeness (QED) is 0.321. The highest BCUT2D eigenvalue weighted by Gasteiger charge is 2.44. The van der Waals surface area contributed by atoms with Gasteiger partial charge in [-0.05, 0) is 55.0 Å². The van der Waals surface area contributed by atoms with Crippen molar-refractivity contribution in [1.29, 1.82) is 0 Å². The lowest BCUT2D eigenvalue weighted by molar-refractivity contribution is -0.253. The van der Waals surface area contributed by atoms with E-state index in [0.29, 0.717) is 38.5 Å². The molecule has 4 rings (SSSR count). The summed E-state index contributed by atoms with van der Waals surface area (Å²) in [5, 5.41) is 43.5. The Hall–Kier alpha value is -2.99. The van der Waals surface area contributed by atoms with E-state index in [0.717, 1.165) is 0 Å². The Morgan fingerprint density at radius 3 is 2.44 bits per heavy atom. The normalized spacial score (nSPS) is 24.0. The van der Waals surface area contributed by atoms with Crippen molar-refractivity contribution < 1.29 is 39.5 Å². The summed E-state index contributed by atoms with van der Waals surface area (Å²) in [6.45, 7) is 1.10. The number of aliphatic hydroxyl groups excluding tert-OH is 4. The molecule has 5 N–H and O–H groups in total. The summed E-state index contributed by atoms with van der Waals surface area (Å²) in [7, 11) is 1.51. The molecule has 5 atom stereocenters. The minimum absolute atomic E-state index is 0.203. The molecule has 2 heterocycles. The van der Waals surface area contributed by atoms with E-state index in [1.807, 2.05) is 0 Å². The lowest BCUT2D eigenvalue weighted by Gasteiger charge is -2.40. The van der Waals surface area contributed by atoms with Crippen LogP contribution in [-0.2, 0) is 16.0 Å². The van der Waals surface area contributed by atoms with Crippen molar-refractivity contribution in [3.05, 3.63) is 64.3 Å². The van der Waals surface area contributed by atoms with Crippen molar-refractivity contribution in [2.45, 2.75) is 44.0 Å². The third-order valence-electron chi connectivity index (χ3n) is 6.40. The molecule has 1 fully saturated rings. The number of benzene rings is 2. The third kappa shape index (κ3) is 4.83. The van der Waals surface area contributed by atoms with Gasteiger partial charge < -0.3 is 35.2 Å². The number of fused-ring (bicyclic) bond motifs is 1. The number of amides is 1. The number of nitrogens with zero attached hydrogens (tertiary/aromatic N) is 1. The van der Waals surface area contributed by atoms with E-state index in [2.05, 4.69) is 5.32 Å². The molecular formula is C25H27ClN2O8. The first-order valence-electron chi connectivity index (χ1n) is 11.2. The SMILES string of the molecule is COc1ccc2c(c1)c(CC(=O)NC1C(O)OC(CO)C(O)C1O)c(C)n2C(=O)c1ccc(Cl)cc1. The van der Waals surface area contributed by atoms with Crippen LogP contribution in [0.4, 0.5) is 0 Å². The van der Waals surface area contributed by atoms with Crippen molar-refractivity contribution in [2.24, 2.45) is 0 Å². The first-order valence-corrected chi connectivity index (χ1v) is 11.6. The minimum atomic E-state index is -1.64. The van der Waals surface area contributed by atoms with Crippen LogP contribution in [0.2, 0.25) is 5.02 Å². The zero-order valence-corrected chi connectivity index (χ0v) is 20.3. The van der Waals surface area contributed by atoms with Gasteiger partial charge in [0.05, 0.1) is 25.7 Å². The number of halogens is 1. The van der Waals surface area contributed by atoms with Crippen LogP contribution < -0.4 is 10.1 Å². The van der Waals surface area contributed by atoms with Crippen LogP contribution >= 0.6 is 11.6 Å². The van der Waals surface area contributed by atoms with Crippen LogP contribution in [0.5, 0.6) is 5.75 Å². The molecule has 192 valence electrons. The number of hydrogen-bond acceptors (Lipinski definition) is 8. The van der Waals surface area contributed by atoms with Crippen LogP contribution in [0.1, 0.15) is 21.6 Å². The number of rotatable bonds is 6. The number of hydrogen-bond donors (Lipinski definition) is 5. The number of nitrogens with one attached hydrogen (secondary N) is 1. The summed E-state index contributed by atoms with van der Waals surface area (Å²) in [5.74, 6) is -0.360. The molecule has 10 nitrogen and oxygen atoms in total. The van der Waals surface area contributed by atoms with Crippen LogP contribution in [0.15, 0.2) is 42.5 Å². The fourth-order valence-electron chi connectivity index (χ4n) is 4.45. The Bertz CT molecular complexity index is 1280. The number of aromatic nitrogens is 1. The van der Waals surface area contributed by atoms with Gasteiger partial charge in [0.25, 0.3) is 5.91 Å². The van der Waals surface area contributed by atoms with Crippen molar-refractivity contribution in [1.82, 2.24) is 9.88 Å². The molecule has 2 aromatic carbocycles. The minimum Gasteiger partial charge on any atom is -0.497 e. The van der Waals surface area contributed by atoms with Gasteiger partial charge in [-0.2, -0.15) is 0 Å². The maximum absolute atomic E-state index is 13.4. The van der Waals surface area contributed by atoms with E-state index in [1.54, 1.807) is 49.4 Å². The van der Waals surface area contributed by atoms with Crippen LogP contribution in [0.25, 0.3) is 10.9 Å². The zero-order chi connectivity index (χ0) is 26.1. The topological polar surface area (TPSA) is 150 Å². The first kappa shape index (κ1) is 26.1. The summed E-state index contributed by atoms with van der Waals surface area (Å²) >= 11 is 5.96. The molecule has 0 spiro atoms. The van der Waals surface area contributed by atoms with Gasteiger partial charge in [0, 0.05) is 21.7 Å². The smallest absolute Gasteiger partial charge is 0.262 e. The van der Waals surface area contributed by atoms with E-state index in [4.69, 9.17) is 21.1 Å². The van der Waals surface area contributed by atoms with Gasteiger partial charge in [-0.3, -0.25) is 14.2 Å². The lowest BCUT2D eigenvalue weighted by Crippen LogP contribution is -2.64. The molecule has 0 radical (unpaired) electrons. The summed E-state index contributed by atoms with van der Waals surface area (Å²) in [6.07, 6.45) is -6.10. The van der Waals surface area contributed by atoms with Crippen LogP contribution in [0, 0.1) is 6.92 Å².